The highest BCUT2D eigenvalue weighted by Crippen LogP contribution is 2.28. The summed E-state index contributed by atoms with van der Waals surface area (Å²) >= 11 is 0. The maximum absolute atomic E-state index is 12.9. The molecular weight excluding hydrogens is 304 g/mol. The molecule has 0 saturated heterocycles. The molecule has 1 aromatic carbocycles. The Morgan fingerprint density at radius 3 is 2.92 bits per heavy atom. The summed E-state index contributed by atoms with van der Waals surface area (Å²) in [5.41, 5.74) is 10.0. The highest BCUT2D eigenvalue weighted by molar-refractivity contribution is 6.05. The van der Waals surface area contributed by atoms with Gasteiger partial charge in [0, 0.05) is 29.4 Å². The Morgan fingerprint density at radius 1 is 1.29 bits per heavy atom. The van der Waals surface area contributed by atoms with Crippen LogP contribution in [-0.4, -0.2) is 31.5 Å². The average Bonchev–Trinajstić information content (AvgIpc) is 3.24. The van der Waals surface area contributed by atoms with Gasteiger partial charge in [-0.3, -0.25) is 15.0 Å². The Morgan fingerprint density at radius 2 is 2.17 bits per heavy atom. The van der Waals surface area contributed by atoms with E-state index in [0.29, 0.717) is 24.0 Å². The van der Waals surface area contributed by atoms with Crippen LogP contribution >= 0.6 is 0 Å². The molecule has 0 aliphatic heterocycles. The second kappa shape index (κ2) is 5.61. The molecule has 0 spiro atoms. The van der Waals surface area contributed by atoms with E-state index in [-0.39, 0.29) is 5.56 Å². The SMILES string of the molecule is Cc1[nH]nc2c1c(=O)n(CCCN)c1ccc(-c3cn[nH]c3)cc21. The summed E-state index contributed by atoms with van der Waals surface area (Å²) in [5, 5.41) is 15.7. The van der Waals surface area contributed by atoms with Gasteiger partial charge in [0.1, 0.15) is 5.52 Å². The molecule has 0 radical (unpaired) electrons. The van der Waals surface area contributed by atoms with E-state index >= 15 is 0 Å². The van der Waals surface area contributed by atoms with Crippen LogP contribution in [0.15, 0.2) is 35.4 Å². The number of fused-ring (bicyclic) bond motifs is 3. The minimum atomic E-state index is -0.0201. The van der Waals surface area contributed by atoms with Crippen molar-refractivity contribution in [3.05, 3.63) is 46.6 Å². The molecular formula is C17H18N6O. The van der Waals surface area contributed by atoms with E-state index < -0.39 is 0 Å². The standard InChI is InChI=1S/C17H18N6O/c1-10-15-16(22-21-10)13-7-11(12-8-19-20-9-12)3-4-14(13)23(17(15)24)6-2-5-18/h3-4,7-9H,2,5-6,18H2,1H3,(H,19,20)(H,21,22). The first-order valence-electron chi connectivity index (χ1n) is 7.91. The second-order valence-electron chi connectivity index (χ2n) is 5.89. The molecule has 122 valence electrons. The number of nitrogens with zero attached hydrogens (tertiary/aromatic N) is 3. The number of nitrogens with one attached hydrogen (secondary N) is 2. The lowest BCUT2D eigenvalue weighted by molar-refractivity contribution is 0.654. The molecule has 0 amide bonds. The molecule has 0 unspecified atom stereocenters. The molecule has 4 rings (SSSR count). The largest absolute Gasteiger partial charge is 0.330 e. The first-order chi connectivity index (χ1) is 11.7. The summed E-state index contributed by atoms with van der Waals surface area (Å²) in [7, 11) is 0. The van der Waals surface area contributed by atoms with Gasteiger partial charge in [-0.05, 0) is 37.6 Å². The number of benzene rings is 1. The summed E-state index contributed by atoms with van der Waals surface area (Å²) in [5.74, 6) is 0. The van der Waals surface area contributed by atoms with Gasteiger partial charge in [-0.2, -0.15) is 10.2 Å². The van der Waals surface area contributed by atoms with Crippen LogP contribution in [0.3, 0.4) is 0 Å². The lowest BCUT2D eigenvalue weighted by Crippen LogP contribution is -2.22. The zero-order valence-corrected chi connectivity index (χ0v) is 13.3. The number of nitrogens with two attached hydrogens (primary N) is 1. The monoisotopic (exact) mass is 322 g/mol. The Hall–Kier alpha value is -2.93. The molecule has 4 aromatic rings. The first-order valence-corrected chi connectivity index (χ1v) is 7.91. The van der Waals surface area contributed by atoms with Crippen LogP contribution in [-0.2, 0) is 6.54 Å². The van der Waals surface area contributed by atoms with E-state index in [1.165, 1.54) is 0 Å². The molecule has 0 bridgehead atoms. The number of aryl methyl sites for hydroxylation is 2. The molecule has 7 heteroatoms. The first kappa shape index (κ1) is 14.6. The third-order valence-corrected chi connectivity index (χ3v) is 4.37. The second-order valence-corrected chi connectivity index (χ2v) is 5.89. The average molecular weight is 322 g/mol. The molecule has 4 N–H and O–H groups in total. The summed E-state index contributed by atoms with van der Waals surface area (Å²) < 4.78 is 1.80. The van der Waals surface area contributed by atoms with Crippen LogP contribution in [0.4, 0.5) is 0 Å². The van der Waals surface area contributed by atoms with Crippen LogP contribution < -0.4 is 11.3 Å². The molecule has 0 aliphatic carbocycles. The van der Waals surface area contributed by atoms with Gasteiger partial charge >= 0.3 is 0 Å². The van der Waals surface area contributed by atoms with Crippen molar-refractivity contribution in [1.29, 1.82) is 0 Å². The maximum atomic E-state index is 12.9. The van der Waals surface area contributed by atoms with Crippen LogP contribution in [0.1, 0.15) is 12.1 Å². The maximum Gasteiger partial charge on any atom is 0.262 e. The predicted molar refractivity (Wildman–Crippen MR) is 93.8 cm³/mol. The summed E-state index contributed by atoms with van der Waals surface area (Å²) in [4.78, 5) is 12.9. The Bertz CT molecular complexity index is 1070. The van der Waals surface area contributed by atoms with Gasteiger partial charge in [0.25, 0.3) is 5.56 Å². The number of rotatable bonds is 4. The molecule has 3 aromatic heterocycles. The summed E-state index contributed by atoms with van der Waals surface area (Å²) in [6.45, 7) is 3.01. The Balaban J connectivity index is 2.08. The van der Waals surface area contributed by atoms with E-state index in [2.05, 4.69) is 26.5 Å². The lowest BCUT2D eigenvalue weighted by atomic mass is 10.0. The zero-order valence-electron chi connectivity index (χ0n) is 13.3. The van der Waals surface area contributed by atoms with Gasteiger partial charge in [0.15, 0.2) is 0 Å². The highest BCUT2D eigenvalue weighted by atomic mass is 16.1. The van der Waals surface area contributed by atoms with E-state index in [1.54, 1.807) is 10.8 Å². The van der Waals surface area contributed by atoms with Gasteiger partial charge in [0.2, 0.25) is 0 Å². The topological polar surface area (TPSA) is 105 Å². The summed E-state index contributed by atoms with van der Waals surface area (Å²) in [6.07, 6.45) is 4.37. The van der Waals surface area contributed by atoms with Gasteiger partial charge < -0.3 is 10.3 Å². The molecule has 24 heavy (non-hydrogen) atoms. The third kappa shape index (κ3) is 2.13. The van der Waals surface area contributed by atoms with E-state index in [1.807, 2.05) is 25.3 Å². The summed E-state index contributed by atoms with van der Waals surface area (Å²) in [6, 6.07) is 6.02. The molecule has 0 fully saturated rings. The highest BCUT2D eigenvalue weighted by Gasteiger charge is 2.16. The van der Waals surface area contributed by atoms with E-state index in [0.717, 1.165) is 34.1 Å². The molecule has 3 heterocycles. The molecule has 0 aliphatic rings. The molecule has 0 atom stereocenters. The minimum absolute atomic E-state index is 0.0201. The zero-order chi connectivity index (χ0) is 16.7. The van der Waals surface area contributed by atoms with Crippen LogP contribution in [0, 0.1) is 6.92 Å². The van der Waals surface area contributed by atoms with Crippen LogP contribution in [0.25, 0.3) is 32.9 Å². The van der Waals surface area contributed by atoms with Gasteiger partial charge in [-0.1, -0.05) is 6.07 Å². The quantitative estimate of drug-likeness (QED) is 0.534. The van der Waals surface area contributed by atoms with Crippen molar-refractivity contribution in [3.8, 4) is 11.1 Å². The fourth-order valence-electron chi connectivity index (χ4n) is 3.15. The number of hydrogen-bond donors (Lipinski definition) is 3. The van der Waals surface area contributed by atoms with Gasteiger partial charge in [0.05, 0.1) is 17.1 Å². The van der Waals surface area contributed by atoms with Crippen molar-refractivity contribution >= 4 is 21.8 Å². The van der Waals surface area contributed by atoms with Crippen molar-refractivity contribution in [2.45, 2.75) is 19.9 Å². The van der Waals surface area contributed by atoms with Crippen LogP contribution in [0.2, 0.25) is 0 Å². The molecule has 0 saturated carbocycles. The van der Waals surface area contributed by atoms with Crippen molar-refractivity contribution in [3.63, 3.8) is 0 Å². The fourth-order valence-corrected chi connectivity index (χ4v) is 3.15. The van der Waals surface area contributed by atoms with Crippen molar-refractivity contribution in [2.75, 3.05) is 6.54 Å². The third-order valence-electron chi connectivity index (χ3n) is 4.37. The number of aromatic amines is 2. The fraction of sp³-hybridized carbons (Fsp3) is 0.235. The van der Waals surface area contributed by atoms with E-state index in [4.69, 9.17) is 5.73 Å². The number of hydrogen-bond acceptors (Lipinski definition) is 4. The van der Waals surface area contributed by atoms with E-state index in [9.17, 15) is 4.79 Å². The van der Waals surface area contributed by atoms with Crippen molar-refractivity contribution in [1.82, 2.24) is 25.0 Å². The van der Waals surface area contributed by atoms with Crippen molar-refractivity contribution < 1.29 is 0 Å². The van der Waals surface area contributed by atoms with Gasteiger partial charge in [-0.15, -0.1) is 0 Å². The minimum Gasteiger partial charge on any atom is -0.330 e. The van der Waals surface area contributed by atoms with Crippen LogP contribution in [0.5, 0.6) is 0 Å². The normalized spacial score (nSPS) is 11.6. The smallest absolute Gasteiger partial charge is 0.262 e. The molecule has 7 nitrogen and oxygen atoms in total. The number of aromatic nitrogens is 5. The number of pyridine rings is 1. The Labute approximate surface area is 137 Å². The van der Waals surface area contributed by atoms with Gasteiger partial charge in [-0.25, -0.2) is 0 Å². The Kier molecular flexibility index (Phi) is 3.42. The van der Waals surface area contributed by atoms with Crippen molar-refractivity contribution in [2.24, 2.45) is 5.73 Å². The number of H-pyrrole nitrogens is 2. The lowest BCUT2D eigenvalue weighted by Gasteiger charge is -2.12. The predicted octanol–water partition coefficient (Wildman–Crippen LogP) is 1.93.